The van der Waals surface area contributed by atoms with Crippen LogP contribution in [0.1, 0.15) is 79.3 Å². The number of nitrogens with zero attached hydrogens (tertiary/aromatic N) is 1. The zero-order chi connectivity index (χ0) is 23.0. The predicted molar refractivity (Wildman–Crippen MR) is 124 cm³/mol. The molecule has 2 N–H and O–H groups in total. The van der Waals surface area contributed by atoms with Gasteiger partial charge in [0, 0.05) is 43.2 Å². The Morgan fingerprint density at radius 2 is 1.94 bits per heavy atom. The Kier molecular flexibility index (Phi) is 8.14. The summed E-state index contributed by atoms with van der Waals surface area (Å²) < 4.78 is 5.71. The molecule has 33 heavy (non-hydrogen) atoms. The molecule has 2 heterocycles. The van der Waals surface area contributed by atoms with Crippen LogP contribution in [0.25, 0.3) is 0 Å². The molecule has 0 radical (unpaired) electrons. The van der Waals surface area contributed by atoms with E-state index in [1.165, 1.54) is 32.1 Å². The number of benzene rings is 1. The number of nitrogens with one attached hydrogen (secondary N) is 2. The number of rotatable bonds is 8. The summed E-state index contributed by atoms with van der Waals surface area (Å²) in [6.07, 6.45) is 8.92. The Morgan fingerprint density at radius 1 is 1.09 bits per heavy atom. The summed E-state index contributed by atoms with van der Waals surface area (Å²) in [6, 6.07) is 5.59. The molecule has 1 unspecified atom stereocenters. The summed E-state index contributed by atoms with van der Waals surface area (Å²) >= 11 is 0. The quantitative estimate of drug-likeness (QED) is 0.360. The Morgan fingerprint density at radius 3 is 2.76 bits per heavy atom. The number of carbonyl (C=O) groups is 3. The maximum absolute atomic E-state index is 12.9. The fraction of sp³-hybridized carbons (Fsp3) is 0.577. The van der Waals surface area contributed by atoms with Crippen LogP contribution in [-0.4, -0.2) is 54.5 Å². The molecule has 1 saturated heterocycles. The van der Waals surface area contributed by atoms with Crippen molar-refractivity contribution in [1.82, 2.24) is 15.5 Å². The van der Waals surface area contributed by atoms with E-state index in [2.05, 4.69) is 22.5 Å². The Bertz CT molecular complexity index is 943. The molecule has 7 heteroatoms. The van der Waals surface area contributed by atoms with Crippen molar-refractivity contribution in [3.8, 4) is 11.8 Å². The minimum Gasteiger partial charge on any atom is -0.380 e. The number of hydrogen-bond acceptors (Lipinski definition) is 5. The van der Waals surface area contributed by atoms with Gasteiger partial charge in [-0.05, 0) is 49.9 Å². The van der Waals surface area contributed by atoms with Crippen molar-refractivity contribution < 1.29 is 19.1 Å². The van der Waals surface area contributed by atoms with E-state index in [1.807, 2.05) is 12.1 Å². The minimum atomic E-state index is -0.607. The zero-order valence-electron chi connectivity index (χ0n) is 19.2. The van der Waals surface area contributed by atoms with Crippen LogP contribution in [0.5, 0.6) is 0 Å². The number of carbonyl (C=O) groups excluding carboxylic acids is 3. The third kappa shape index (κ3) is 6.01. The highest BCUT2D eigenvalue weighted by Gasteiger charge is 2.39. The molecule has 0 bridgehead atoms. The summed E-state index contributed by atoms with van der Waals surface area (Å²) in [4.78, 5) is 38.1. The first-order valence-electron chi connectivity index (χ1n) is 12.2. The van der Waals surface area contributed by atoms with E-state index < -0.39 is 11.9 Å². The first kappa shape index (κ1) is 23.5. The van der Waals surface area contributed by atoms with Crippen LogP contribution in [0, 0.1) is 11.8 Å². The van der Waals surface area contributed by atoms with Gasteiger partial charge in [0.15, 0.2) is 0 Å². The summed E-state index contributed by atoms with van der Waals surface area (Å²) in [5, 5.41) is 5.96. The second kappa shape index (κ2) is 11.4. The standard InChI is InChI=1S/C26H33N3O4/c30-24-14-13-23(25(31)28-24)29-18-22-19(9-6-12-21(22)26(29)32)8-4-5-16-33-17-7-15-27-20-10-2-1-3-11-20/h6,9,12,20,23,27H,1-3,5,7,10-11,13-18H2,(H,28,30,31). The second-order valence-electron chi connectivity index (χ2n) is 9.04. The van der Waals surface area contributed by atoms with E-state index in [1.54, 1.807) is 11.0 Å². The maximum atomic E-state index is 12.9. The van der Waals surface area contributed by atoms with Crippen molar-refractivity contribution in [2.75, 3.05) is 19.8 Å². The second-order valence-corrected chi connectivity index (χ2v) is 9.04. The van der Waals surface area contributed by atoms with E-state index in [0.717, 1.165) is 30.7 Å². The lowest BCUT2D eigenvalue weighted by Gasteiger charge is -2.29. The highest BCUT2D eigenvalue weighted by atomic mass is 16.5. The fourth-order valence-corrected chi connectivity index (χ4v) is 4.87. The summed E-state index contributed by atoms with van der Waals surface area (Å²) in [6.45, 7) is 2.67. The van der Waals surface area contributed by atoms with E-state index in [4.69, 9.17) is 4.74 Å². The van der Waals surface area contributed by atoms with Crippen LogP contribution in [0.3, 0.4) is 0 Å². The van der Waals surface area contributed by atoms with Crippen LogP contribution in [0.2, 0.25) is 0 Å². The lowest BCUT2D eigenvalue weighted by Crippen LogP contribution is -2.52. The number of amides is 3. The van der Waals surface area contributed by atoms with E-state index >= 15 is 0 Å². The van der Waals surface area contributed by atoms with Gasteiger partial charge in [0.1, 0.15) is 6.04 Å². The third-order valence-electron chi connectivity index (χ3n) is 6.68. The van der Waals surface area contributed by atoms with E-state index in [0.29, 0.717) is 37.6 Å². The normalized spacial score (nSPS) is 20.9. The predicted octanol–water partition coefficient (Wildman–Crippen LogP) is 2.52. The summed E-state index contributed by atoms with van der Waals surface area (Å²) in [5.41, 5.74) is 2.26. The molecule has 3 amide bonds. The minimum absolute atomic E-state index is 0.173. The maximum Gasteiger partial charge on any atom is 0.255 e. The van der Waals surface area contributed by atoms with Crippen molar-refractivity contribution in [2.24, 2.45) is 0 Å². The first-order chi connectivity index (χ1) is 16.1. The first-order valence-corrected chi connectivity index (χ1v) is 12.2. The van der Waals surface area contributed by atoms with Gasteiger partial charge in [-0.3, -0.25) is 19.7 Å². The molecule has 1 aromatic rings. The molecule has 1 saturated carbocycles. The number of ether oxygens (including phenoxy) is 1. The van der Waals surface area contributed by atoms with Gasteiger partial charge in [-0.2, -0.15) is 0 Å². The monoisotopic (exact) mass is 451 g/mol. The van der Waals surface area contributed by atoms with Crippen molar-refractivity contribution in [3.63, 3.8) is 0 Å². The molecule has 3 aliphatic rings. The molecule has 0 spiro atoms. The average molecular weight is 452 g/mol. The van der Waals surface area contributed by atoms with Gasteiger partial charge in [0.25, 0.3) is 5.91 Å². The summed E-state index contributed by atoms with van der Waals surface area (Å²) in [7, 11) is 0. The Balaban J connectivity index is 1.21. The number of hydrogen-bond donors (Lipinski definition) is 2. The van der Waals surface area contributed by atoms with Crippen molar-refractivity contribution in [3.05, 3.63) is 34.9 Å². The Labute approximate surface area is 195 Å². The van der Waals surface area contributed by atoms with Gasteiger partial charge >= 0.3 is 0 Å². The lowest BCUT2D eigenvalue weighted by molar-refractivity contribution is -0.136. The molecule has 7 nitrogen and oxygen atoms in total. The van der Waals surface area contributed by atoms with E-state index in [-0.39, 0.29) is 18.2 Å². The topological polar surface area (TPSA) is 87.7 Å². The molecule has 0 aromatic heterocycles. The van der Waals surface area contributed by atoms with Crippen LogP contribution in [-0.2, 0) is 20.9 Å². The van der Waals surface area contributed by atoms with Crippen molar-refractivity contribution >= 4 is 17.7 Å². The van der Waals surface area contributed by atoms with Gasteiger partial charge in [-0.25, -0.2) is 0 Å². The largest absolute Gasteiger partial charge is 0.380 e. The van der Waals surface area contributed by atoms with Crippen LogP contribution < -0.4 is 10.6 Å². The fourth-order valence-electron chi connectivity index (χ4n) is 4.87. The SMILES string of the molecule is O=C1CCC(N2Cc3c(C#CCCOCCCNC4CCCCC4)cccc3C2=O)C(=O)N1. The molecule has 1 aliphatic carbocycles. The Hall–Kier alpha value is -2.69. The average Bonchev–Trinajstić information content (AvgIpc) is 3.15. The molecule has 4 rings (SSSR count). The molecule has 1 aromatic carbocycles. The van der Waals surface area contributed by atoms with Gasteiger partial charge in [-0.15, -0.1) is 0 Å². The molecular formula is C26H33N3O4. The zero-order valence-corrected chi connectivity index (χ0v) is 19.2. The van der Waals surface area contributed by atoms with Crippen LogP contribution >= 0.6 is 0 Å². The smallest absolute Gasteiger partial charge is 0.255 e. The van der Waals surface area contributed by atoms with E-state index in [9.17, 15) is 14.4 Å². The number of imide groups is 1. The molecule has 2 aliphatic heterocycles. The molecule has 176 valence electrons. The lowest BCUT2D eigenvalue weighted by atomic mass is 9.95. The highest BCUT2D eigenvalue weighted by molar-refractivity contribution is 6.05. The van der Waals surface area contributed by atoms with Crippen LogP contribution in [0.4, 0.5) is 0 Å². The summed E-state index contributed by atoms with van der Waals surface area (Å²) in [5.74, 6) is 5.48. The molecular weight excluding hydrogens is 418 g/mol. The van der Waals surface area contributed by atoms with Gasteiger partial charge < -0.3 is 15.0 Å². The van der Waals surface area contributed by atoms with Crippen LogP contribution in [0.15, 0.2) is 18.2 Å². The molecule has 2 fully saturated rings. The highest BCUT2D eigenvalue weighted by Crippen LogP contribution is 2.29. The third-order valence-corrected chi connectivity index (χ3v) is 6.68. The van der Waals surface area contributed by atoms with Gasteiger partial charge in [0.05, 0.1) is 6.61 Å². The van der Waals surface area contributed by atoms with Crippen molar-refractivity contribution in [1.29, 1.82) is 0 Å². The molecule has 1 atom stereocenters. The number of piperidine rings is 1. The number of fused-ring (bicyclic) bond motifs is 1. The van der Waals surface area contributed by atoms with Gasteiger partial charge in [0.2, 0.25) is 11.8 Å². The van der Waals surface area contributed by atoms with Crippen molar-refractivity contribution in [2.45, 2.75) is 76.4 Å². The van der Waals surface area contributed by atoms with Gasteiger partial charge in [-0.1, -0.05) is 37.2 Å².